The van der Waals surface area contributed by atoms with Crippen molar-refractivity contribution in [2.75, 3.05) is 19.6 Å². The Kier molecular flexibility index (Phi) is 6.97. The summed E-state index contributed by atoms with van der Waals surface area (Å²) in [4.78, 5) is 23.5. The topological polar surface area (TPSA) is 89.9 Å². The van der Waals surface area contributed by atoms with Crippen molar-refractivity contribution in [2.45, 2.75) is 26.4 Å². The number of hydrogen-bond donors (Lipinski definition) is 3. The van der Waals surface area contributed by atoms with Gasteiger partial charge in [0.25, 0.3) is 0 Å². The van der Waals surface area contributed by atoms with Gasteiger partial charge in [-0.05, 0) is 13.8 Å². The van der Waals surface area contributed by atoms with Gasteiger partial charge in [0.1, 0.15) is 0 Å². The first-order valence-corrected chi connectivity index (χ1v) is 5.46. The highest BCUT2D eigenvalue weighted by molar-refractivity contribution is 5.75. The van der Waals surface area contributed by atoms with Gasteiger partial charge in [-0.1, -0.05) is 12.2 Å². The first-order valence-electron chi connectivity index (χ1n) is 5.46. The highest BCUT2D eigenvalue weighted by atomic mass is 16.4. The van der Waals surface area contributed by atoms with Gasteiger partial charge in [-0.15, -0.1) is 0 Å². The Morgan fingerprint density at radius 1 is 1.47 bits per heavy atom. The molecule has 6 heteroatoms. The number of urea groups is 1. The van der Waals surface area contributed by atoms with Crippen LogP contribution in [0, 0.1) is 0 Å². The lowest BCUT2D eigenvalue weighted by molar-refractivity contribution is -0.146. The molecular weight excluding hydrogens is 224 g/mol. The van der Waals surface area contributed by atoms with E-state index in [1.54, 1.807) is 4.90 Å². The fourth-order valence-electron chi connectivity index (χ4n) is 1.20. The first kappa shape index (κ1) is 15.4. The van der Waals surface area contributed by atoms with Gasteiger partial charge in [-0.25, -0.2) is 9.59 Å². The molecule has 2 amide bonds. The third-order valence-corrected chi connectivity index (χ3v) is 2.11. The number of amides is 2. The molecule has 0 aliphatic rings. The molecule has 0 bridgehead atoms. The van der Waals surface area contributed by atoms with Crippen LogP contribution in [0.25, 0.3) is 0 Å². The summed E-state index contributed by atoms with van der Waals surface area (Å²) in [6, 6.07) is -0.284. The van der Waals surface area contributed by atoms with Crippen LogP contribution in [0.4, 0.5) is 4.79 Å². The van der Waals surface area contributed by atoms with E-state index < -0.39 is 12.1 Å². The van der Waals surface area contributed by atoms with Crippen molar-refractivity contribution < 1.29 is 19.8 Å². The SMILES string of the molecule is C=C(C)CN(CC)C(=O)NCCC(O)C(=O)O. The smallest absolute Gasteiger partial charge is 0.332 e. The number of carbonyl (C=O) groups is 2. The van der Waals surface area contributed by atoms with Crippen molar-refractivity contribution in [1.82, 2.24) is 10.2 Å². The van der Waals surface area contributed by atoms with E-state index in [4.69, 9.17) is 10.2 Å². The predicted molar refractivity (Wildman–Crippen MR) is 63.7 cm³/mol. The number of nitrogens with one attached hydrogen (secondary N) is 1. The number of rotatable bonds is 7. The number of hydrogen-bond acceptors (Lipinski definition) is 3. The van der Waals surface area contributed by atoms with Crippen molar-refractivity contribution >= 4 is 12.0 Å². The van der Waals surface area contributed by atoms with Crippen LogP contribution in [0.2, 0.25) is 0 Å². The highest BCUT2D eigenvalue weighted by Crippen LogP contribution is 1.97. The highest BCUT2D eigenvalue weighted by Gasteiger charge is 2.15. The molecule has 0 aliphatic heterocycles. The monoisotopic (exact) mass is 244 g/mol. The number of carboxylic acids is 1. The summed E-state index contributed by atoms with van der Waals surface area (Å²) < 4.78 is 0. The molecule has 0 saturated heterocycles. The maximum Gasteiger partial charge on any atom is 0.332 e. The molecule has 6 nitrogen and oxygen atoms in total. The number of carboxylic acid groups (broad SMARTS) is 1. The summed E-state index contributed by atoms with van der Waals surface area (Å²) in [6.07, 6.45) is -1.45. The lowest BCUT2D eigenvalue weighted by atomic mass is 10.2. The Balaban J connectivity index is 3.98. The molecular formula is C11H20N2O4. The van der Waals surface area contributed by atoms with Crippen molar-refractivity contribution in [1.29, 1.82) is 0 Å². The van der Waals surface area contributed by atoms with Crippen molar-refractivity contribution in [3.63, 3.8) is 0 Å². The Morgan fingerprint density at radius 2 is 2.06 bits per heavy atom. The van der Waals surface area contributed by atoms with Gasteiger partial charge in [-0.2, -0.15) is 0 Å². The molecule has 0 saturated carbocycles. The molecule has 98 valence electrons. The predicted octanol–water partition coefficient (Wildman–Crippen LogP) is 0.430. The number of aliphatic hydroxyl groups excluding tert-OH is 1. The minimum Gasteiger partial charge on any atom is -0.479 e. The van der Waals surface area contributed by atoms with Crippen LogP contribution in [0.3, 0.4) is 0 Å². The third-order valence-electron chi connectivity index (χ3n) is 2.11. The molecule has 17 heavy (non-hydrogen) atoms. The van der Waals surface area contributed by atoms with E-state index in [2.05, 4.69) is 11.9 Å². The van der Waals surface area contributed by atoms with Crippen LogP contribution in [0.15, 0.2) is 12.2 Å². The molecule has 0 fully saturated rings. The maximum absolute atomic E-state index is 11.6. The first-order chi connectivity index (χ1) is 7.88. The van der Waals surface area contributed by atoms with E-state index >= 15 is 0 Å². The van der Waals surface area contributed by atoms with E-state index in [1.807, 2.05) is 13.8 Å². The minimum absolute atomic E-state index is 0.00824. The Labute approximate surface area is 101 Å². The molecule has 0 heterocycles. The molecule has 0 aromatic carbocycles. The van der Waals surface area contributed by atoms with Crippen molar-refractivity contribution in [3.05, 3.63) is 12.2 Å². The largest absolute Gasteiger partial charge is 0.479 e. The van der Waals surface area contributed by atoms with Crippen LogP contribution < -0.4 is 5.32 Å². The van der Waals surface area contributed by atoms with Gasteiger partial charge < -0.3 is 20.4 Å². The summed E-state index contributed by atoms with van der Waals surface area (Å²) >= 11 is 0. The van der Waals surface area contributed by atoms with Gasteiger partial charge in [-0.3, -0.25) is 0 Å². The summed E-state index contributed by atoms with van der Waals surface area (Å²) in [5.74, 6) is -1.28. The van der Waals surface area contributed by atoms with Crippen LogP contribution in [0.5, 0.6) is 0 Å². The quantitative estimate of drug-likeness (QED) is 0.566. The number of aliphatic hydroxyl groups is 1. The van der Waals surface area contributed by atoms with Gasteiger partial charge in [0.15, 0.2) is 6.10 Å². The second-order valence-corrected chi connectivity index (χ2v) is 3.85. The zero-order chi connectivity index (χ0) is 13.4. The summed E-state index contributed by atoms with van der Waals surface area (Å²) in [7, 11) is 0. The standard InChI is InChI=1S/C11H20N2O4/c1-4-13(7-8(2)3)11(17)12-6-5-9(14)10(15)16/h9,14H,2,4-7H2,1,3H3,(H,12,17)(H,15,16). The van der Waals surface area contributed by atoms with Crippen LogP contribution in [-0.4, -0.2) is 52.9 Å². The van der Waals surface area contributed by atoms with Crippen LogP contribution in [-0.2, 0) is 4.79 Å². The van der Waals surface area contributed by atoms with Gasteiger partial charge in [0, 0.05) is 26.1 Å². The lowest BCUT2D eigenvalue weighted by Gasteiger charge is -2.21. The second-order valence-electron chi connectivity index (χ2n) is 3.85. The Morgan fingerprint density at radius 3 is 2.47 bits per heavy atom. The second kappa shape index (κ2) is 7.67. The van der Waals surface area contributed by atoms with Crippen LogP contribution >= 0.6 is 0 Å². The molecule has 0 aromatic rings. The molecule has 1 unspecified atom stereocenters. The average Bonchev–Trinajstić information content (AvgIpc) is 2.24. The van der Waals surface area contributed by atoms with Gasteiger partial charge >= 0.3 is 12.0 Å². The van der Waals surface area contributed by atoms with E-state index in [-0.39, 0.29) is 19.0 Å². The number of likely N-dealkylation sites (N-methyl/N-ethyl adjacent to an activating group) is 1. The lowest BCUT2D eigenvalue weighted by Crippen LogP contribution is -2.42. The molecule has 0 aromatic heterocycles. The van der Waals surface area contributed by atoms with Crippen molar-refractivity contribution in [2.24, 2.45) is 0 Å². The van der Waals surface area contributed by atoms with E-state index in [1.165, 1.54) is 0 Å². The molecule has 3 N–H and O–H groups in total. The van der Waals surface area contributed by atoms with E-state index in [0.717, 1.165) is 5.57 Å². The average molecular weight is 244 g/mol. The molecule has 0 aliphatic carbocycles. The fraction of sp³-hybridized carbons (Fsp3) is 0.636. The normalized spacial score (nSPS) is 11.7. The summed E-state index contributed by atoms with van der Waals surface area (Å²) in [5.41, 5.74) is 0.868. The summed E-state index contributed by atoms with van der Waals surface area (Å²) in [5, 5.41) is 20.0. The van der Waals surface area contributed by atoms with E-state index in [9.17, 15) is 9.59 Å². The van der Waals surface area contributed by atoms with Crippen molar-refractivity contribution in [3.8, 4) is 0 Å². The minimum atomic E-state index is -1.44. The zero-order valence-electron chi connectivity index (χ0n) is 10.3. The number of carbonyl (C=O) groups excluding carboxylic acids is 1. The van der Waals surface area contributed by atoms with Gasteiger partial charge in [0.05, 0.1) is 0 Å². The molecule has 0 radical (unpaired) electrons. The van der Waals surface area contributed by atoms with E-state index in [0.29, 0.717) is 13.1 Å². The number of nitrogens with zero attached hydrogens (tertiary/aromatic N) is 1. The zero-order valence-corrected chi connectivity index (χ0v) is 10.3. The van der Waals surface area contributed by atoms with Gasteiger partial charge in [0.2, 0.25) is 0 Å². The molecule has 1 atom stereocenters. The summed E-state index contributed by atoms with van der Waals surface area (Å²) in [6.45, 7) is 8.51. The van der Waals surface area contributed by atoms with Crippen LogP contribution in [0.1, 0.15) is 20.3 Å². The third kappa shape index (κ3) is 6.57. The number of aliphatic carboxylic acids is 1. The Hall–Kier alpha value is -1.56. The Bertz CT molecular complexity index is 291. The maximum atomic E-state index is 11.6. The molecule has 0 spiro atoms. The molecule has 0 rings (SSSR count). The fourth-order valence-corrected chi connectivity index (χ4v) is 1.20.